The molecule has 3 heteroatoms. The summed E-state index contributed by atoms with van der Waals surface area (Å²) < 4.78 is 10.0. The van der Waals surface area contributed by atoms with Gasteiger partial charge in [-0.25, -0.2) is 12.1 Å². The monoisotopic (exact) mass is 274 g/mol. The van der Waals surface area contributed by atoms with Crippen molar-refractivity contribution in [3.8, 4) is 0 Å². The van der Waals surface area contributed by atoms with Crippen molar-refractivity contribution in [3.05, 3.63) is 59.7 Å². The van der Waals surface area contributed by atoms with Crippen LogP contribution >= 0.6 is 0 Å². The second-order valence-corrected chi connectivity index (χ2v) is 3.40. The SMILES string of the molecule is COCc1ccc[c-]1COC.[Fe].[cH-]1[cH-][cH-][cH-][cH-]1. The van der Waals surface area contributed by atoms with Gasteiger partial charge in [0.2, 0.25) is 0 Å². The molecular weight excluding hydrogens is 256 g/mol. The molecule has 0 aliphatic rings. The molecule has 0 aliphatic carbocycles. The fraction of sp³-hybridized carbons (Fsp3) is 0.286. The molecule has 2 nitrogen and oxygen atoms in total. The van der Waals surface area contributed by atoms with Crippen LogP contribution in [0, 0.1) is 0 Å². The van der Waals surface area contributed by atoms with Gasteiger partial charge in [0.05, 0.1) is 0 Å². The second kappa shape index (κ2) is 10.3. The van der Waals surface area contributed by atoms with Crippen LogP contribution in [-0.4, -0.2) is 14.2 Å². The van der Waals surface area contributed by atoms with Crippen LogP contribution in [0.25, 0.3) is 0 Å². The minimum atomic E-state index is 0. The van der Waals surface area contributed by atoms with E-state index in [1.165, 1.54) is 11.1 Å². The molecule has 2 aromatic rings. The van der Waals surface area contributed by atoms with Crippen molar-refractivity contribution < 1.29 is 26.5 Å². The van der Waals surface area contributed by atoms with E-state index in [0.29, 0.717) is 13.2 Å². The molecule has 0 unspecified atom stereocenters. The molecule has 0 aromatic heterocycles. The molecule has 0 saturated heterocycles. The summed E-state index contributed by atoms with van der Waals surface area (Å²) in [5, 5.41) is 0. The fourth-order valence-electron chi connectivity index (χ4n) is 1.41. The minimum absolute atomic E-state index is 0. The Morgan fingerprint density at radius 3 is 2.12 bits per heavy atom. The van der Waals surface area contributed by atoms with Crippen LogP contribution in [0.2, 0.25) is 0 Å². The van der Waals surface area contributed by atoms with E-state index in [1.54, 1.807) is 14.2 Å². The van der Waals surface area contributed by atoms with Gasteiger partial charge in [-0.1, -0.05) is 0 Å². The smallest absolute Gasteiger partial charge is 0.0487 e. The summed E-state index contributed by atoms with van der Waals surface area (Å²) in [4.78, 5) is 0. The quantitative estimate of drug-likeness (QED) is 0.630. The number of rotatable bonds is 4. The van der Waals surface area contributed by atoms with Gasteiger partial charge >= 0.3 is 0 Å². The van der Waals surface area contributed by atoms with Gasteiger partial charge in [-0.05, 0) is 0 Å². The Labute approximate surface area is 114 Å². The van der Waals surface area contributed by atoms with E-state index in [-0.39, 0.29) is 17.1 Å². The second-order valence-electron chi connectivity index (χ2n) is 3.40. The summed E-state index contributed by atoms with van der Waals surface area (Å²) in [5.74, 6) is 0. The normalized spacial score (nSPS) is 9.06. The molecule has 0 atom stereocenters. The van der Waals surface area contributed by atoms with Gasteiger partial charge in [0.1, 0.15) is 0 Å². The molecule has 0 fully saturated rings. The summed E-state index contributed by atoms with van der Waals surface area (Å²) in [5.41, 5.74) is 2.43. The summed E-state index contributed by atoms with van der Waals surface area (Å²) >= 11 is 0. The van der Waals surface area contributed by atoms with Gasteiger partial charge in [0.15, 0.2) is 0 Å². The Balaban J connectivity index is 0.000000360. The summed E-state index contributed by atoms with van der Waals surface area (Å²) in [6.07, 6.45) is 0. The average molecular weight is 274 g/mol. The predicted molar refractivity (Wildman–Crippen MR) is 65.5 cm³/mol. The molecule has 0 heterocycles. The molecule has 0 aliphatic heterocycles. The topological polar surface area (TPSA) is 18.5 Å². The molecule has 0 amide bonds. The van der Waals surface area contributed by atoms with Gasteiger partial charge < -0.3 is 39.8 Å². The van der Waals surface area contributed by atoms with Gasteiger partial charge in [-0.3, -0.25) is 0 Å². The van der Waals surface area contributed by atoms with Crippen LogP contribution < -0.4 is 0 Å². The largest absolute Gasteiger partial charge is 0.748 e. The van der Waals surface area contributed by atoms with Crippen LogP contribution in [-0.2, 0) is 39.8 Å². The zero-order valence-electron chi connectivity index (χ0n) is 10.2. The van der Waals surface area contributed by atoms with Crippen molar-refractivity contribution in [1.29, 1.82) is 0 Å². The number of ether oxygens (including phenoxy) is 2. The number of methoxy groups -OCH3 is 2. The first-order chi connectivity index (χ1) is 7.88. The maximum absolute atomic E-state index is 5.02. The Kier molecular flexibility index (Phi) is 9.78. The van der Waals surface area contributed by atoms with E-state index in [2.05, 4.69) is 12.1 Å². The van der Waals surface area contributed by atoms with Crippen molar-refractivity contribution in [3.63, 3.8) is 0 Å². The first-order valence-electron chi connectivity index (χ1n) is 5.26. The Hall–Kier alpha value is -0.861. The third-order valence-electron chi connectivity index (χ3n) is 2.16. The molecule has 17 heavy (non-hydrogen) atoms. The molecule has 0 radical (unpaired) electrons. The minimum Gasteiger partial charge on any atom is -0.748 e. The van der Waals surface area contributed by atoms with E-state index >= 15 is 0 Å². The van der Waals surface area contributed by atoms with Gasteiger partial charge in [0, 0.05) is 44.5 Å². The summed E-state index contributed by atoms with van der Waals surface area (Å²) in [6, 6.07) is 16.1. The van der Waals surface area contributed by atoms with E-state index in [4.69, 9.17) is 9.47 Å². The van der Waals surface area contributed by atoms with Crippen LogP contribution in [0.4, 0.5) is 0 Å². The van der Waals surface area contributed by atoms with Crippen molar-refractivity contribution in [2.45, 2.75) is 13.2 Å². The zero-order valence-corrected chi connectivity index (χ0v) is 11.3. The van der Waals surface area contributed by atoms with Gasteiger partial charge in [-0.15, -0.1) is 11.1 Å². The molecule has 2 rings (SSSR count). The fourth-order valence-corrected chi connectivity index (χ4v) is 1.41. The summed E-state index contributed by atoms with van der Waals surface area (Å²) in [7, 11) is 3.40. The molecule has 0 saturated carbocycles. The molecule has 100 valence electrons. The van der Waals surface area contributed by atoms with Crippen LogP contribution in [0.15, 0.2) is 48.5 Å². The summed E-state index contributed by atoms with van der Waals surface area (Å²) in [6.45, 7) is 1.34. The Morgan fingerprint density at radius 1 is 1.06 bits per heavy atom. The van der Waals surface area contributed by atoms with Gasteiger partial charge in [0.25, 0.3) is 0 Å². The molecule has 0 N–H and O–H groups in total. The van der Waals surface area contributed by atoms with Crippen molar-refractivity contribution in [1.82, 2.24) is 0 Å². The molecule has 2 aromatic carbocycles. The third-order valence-corrected chi connectivity index (χ3v) is 2.16. The van der Waals surface area contributed by atoms with Crippen LogP contribution in [0.1, 0.15) is 11.1 Å². The molecular formula is C14H18FeO2-6. The van der Waals surface area contributed by atoms with Crippen molar-refractivity contribution >= 4 is 0 Å². The van der Waals surface area contributed by atoms with Crippen molar-refractivity contribution in [2.24, 2.45) is 0 Å². The van der Waals surface area contributed by atoms with Crippen LogP contribution in [0.3, 0.4) is 0 Å². The first-order valence-corrected chi connectivity index (χ1v) is 5.26. The molecule has 0 bridgehead atoms. The van der Waals surface area contributed by atoms with E-state index in [9.17, 15) is 0 Å². The first kappa shape index (κ1) is 16.1. The van der Waals surface area contributed by atoms with E-state index in [1.807, 2.05) is 36.4 Å². The maximum Gasteiger partial charge on any atom is 0.0487 e. The maximum atomic E-state index is 5.02. The molecule has 0 spiro atoms. The number of hydrogen-bond acceptors (Lipinski definition) is 2. The average Bonchev–Trinajstić information content (AvgIpc) is 2.93. The van der Waals surface area contributed by atoms with Crippen molar-refractivity contribution in [2.75, 3.05) is 14.2 Å². The number of hydrogen-bond donors (Lipinski definition) is 0. The predicted octanol–water partition coefficient (Wildman–Crippen LogP) is 3.10. The standard InChI is InChI=1S/C9H13O2.C5H5.Fe/c1-10-6-8-4-3-5-9(8)7-11-2;1-2-4-5-3-1;/h3-5H,6-7H2,1-2H3;1-5H;/q-1;-5;. The zero-order chi connectivity index (χ0) is 11.6. The third kappa shape index (κ3) is 6.44. The van der Waals surface area contributed by atoms with E-state index < -0.39 is 0 Å². The van der Waals surface area contributed by atoms with E-state index in [0.717, 1.165) is 0 Å². The van der Waals surface area contributed by atoms with Crippen LogP contribution in [0.5, 0.6) is 0 Å². The Bertz CT molecular complexity index is 314. The Morgan fingerprint density at radius 2 is 1.65 bits per heavy atom. The van der Waals surface area contributed by atoms with Gasteiger partial charge in [-0.2, -0.15) is 6.07 Å².